The number of nitrogens with one attached hydrogen (secondary N) is 2. The van der Waals surface area contributed by atoms with Crippen LogP contribution in [-0.4, -0.2) is 57.3 Å². The quantitative estimate of drug-likeness (QED) is 0.373. The van der Waals surface area contributed by atoms with Gasteiger partial charge in [0.25, 0.3) is 0 Å². The molecule has 1 heterocycles. The van der Waals surface area contributed by atoms with Crippen molar-refractivity contribution in [3.05, 3.63) is 83.0 Å². The number of sulfonamides is 2. The van der Waals surface area contributed by atoms with Crippen molar-refractivity contribution in [1.29, 1.82) is 0 Å². The van der Waals surface area contributed by atoms with Crippen LogP contribution in [0.4, 0.5) is 11.8 Å². The molecule has 0 aliphatic heterocycles. The zero-order valence-electron chi connectivity index (χ0n) is 23.9. The molecule has 0 radical (unpaired) electrons. The highest BCUT2D eigenvalue weighted by Crippen LogP contribution is 2.33. The van der Waals surface area contributed by atoms with Gasteiger partial charge in [-0.2, -0.15) is 4.98 Å². The first-order valence-corrected chi connectivity index (χ1v) is 18.0. The van der Waals surface area contributed by atoms with Crippen LogP contribution in [0.1, 0.15) is 66.8 Å². The van der Waals surface area contributed by atoms with Crippen LogP contribution in [0, 0.1) is 0 Å². The van der Waals surface area contributed by atoms with Gasteiger partial charge in [-0.05, 0) is 62.5 Å². The Morgan fingerprint density at radius 3 is 1.86 bits per heavy atom. The molecule has 1 saturated carbocycles. The number of rotatable bonds is 9. The molecule has 5 rings (SSSR count). The molecule has 3 aromatic rings. The van der Waals surface area contributed by atoms with Crippen molar-refractivity contribution in [2.45, 2.75) is 69.4 Å². The second-order valence-corrected chi connectivity index (χ2v) is 15.1. The SMILES string of the molecule is CS(=O)(=O)N(c1nc(N[C@H]2CC[C@@H](NC(=O)C(c3ccccc3)c3ccccc3)CC2)nc2c1CCCC2)S(C)(=O)=O. The van der Waals surface area contributed by atoms with Gasteiger partial charge in [-0.15, -0.1) is 3.71 Å². The molecular formula is C30H37N5O5S2. The second kappa shape index (κ2) is 12.4. The van der Waals surface area contributed by atoms with Crippen molar-refractivity contribution in [2.75, 3.05) is 21.5 Å². The van der Waals surface area contributed by atoms with E-state index in [1.807, 2.05) is 60.7 Å². The second-order valence-electron chi connectivity index (χ2n) is 11.2. The summed E-state index contributed by atoms with van der Waals surface area (Å²) in [5, 5.41) is 6.59. The predicted octanol–water partition coefficient (Wildman–Crippen LogP) is 3.75. The van der Waals surface area contributed by atoms with Crippen molar-refractivity contribution < 1.29 is 21.6 Å². The van der Waals surface area contributed by atoms with E-state index in [2.05, 4.69) is 20.6 Å². The van der Waals surface area contributed by atoms with Gasteiger partial charge in [-0.1, -0.05) is 60.7 Å². The summed E-state index contributed by atoms with van der Waals surface area (Å²) in [6.45, 7) is 0. The molecule has 2 aliphatic rings. The molecule has 10 nitrogen and oxygen atoms in total. The lowest BCUT2D eigenvalue weighted by molar-refractivity contribution is -0.122. The first kappa shape index (κ1) is 30.0. The maximum absolute atomic E-state index is 13.5. The monoisotopic (exact) mass is 611 g/mol. The fourth-order valence-electron chi connectivity index (χ4n) is 5.99. The number of aromatic nitrogens is 2. The maximum Gasteiger partial charge on any atom is 0.246 e. The largest absolute Gasteiger partial charge is 0.353 e. The van der Waals surface area contributed by atoms with Crippen LogP contribution in [0.15, 0.2) is 60.7 Å². The van der Waals surface area contributed by atoms with Crippen molar-refractivity contribution in [1.82, 2.24) is 15.3 Å². The van der Waals surface area contributed by atoms with Crippen LogP contribution in [0.3, 0.4) is 0 Å². The summed E-state index contributed by atoms with van der Waals surface area (Å²) in [5.41, 5.74) is 3.13. The summed E-state index contributed by atoms with van der Waals surface area (Å²) in [6, 6.07) is 19.5. The van der Waals surface area contributed by atoms with Gasteiger partial charge >= 0.3 is 0 Å². The topological polar surface area (TPSA) is 138 Å². The lowest BCUT2D eigenvalue weighted by Gasteiger charge is -2.31. The highest BCUT2D eigenvalue weighted by molar-refractivity contribution is 8.09. The van der Waals surface area contributed by atoms with E-state index in [4.69, 9.17) is 0 Å². The molecule has 1 fully saturated rings. The van der Waals surface area contributed by atoms with Crippen LogP contribution in [-0.2, 0) is 37.7 Å². The van der Waals surface area contributed by atoms with Crippen molar-refractivity contribution in [2.24, 2.45) is 0 Å². The Morgan fingerprint density at radius 2 is 1.31 bits per heavy atom. The number of nitrogens with zero attached hydrogens (tertiary/aromatic N) is 3. The molecule has 2 aromatic carbocycles. The van der Waals surface area contributed by atoms with E-state index in [9.17, 15) is 21.6 Å². The highest BCUT2D eigenvalue weighted by Gasteiger charge is 2.34. The standard InChI is InChI=1S/C30H37N5O5S2/c1-41(37,38)35(42(2,39)40)28-25-15-9-10-16-26(25)33-30(34-28)32-24-19-17-23(18-20-24)31-29(36)27(21-11-5-3-6-12-21)22-13-7-4-8-14-22/h3-8,11-14,23-24,27H,9-10,15-20H2,1-2H3,(H,31,36)(H,32,33,34)/t23-,24+. The summed E-state index contributed by atoms with van der Waals surface area (Å²) in [5.74, 6) is -0.295. The summed E-state index contributed by atoms with van der Waals surface area (Å²) in [6.07, 6.45) is 7.55. The molecule has 1 aromatic heterocycles. The molecule has 1 amide bonds. The van der Waals surface area contributed by atoms with E-state index >= 15 is 0 Å². The minimum atomic E-state index is -4.14. The number of carbonyl (C=O) groups excluding carboxylic acids is 1. The third kappa shape index (κ3) is 6.92. The summed E-state index contributed by atoms with van der Waals surface area (Å²) >= 11 is 0. The average molecular weight is 612 g/mol. The van der Waals surface area contributed by atoms with Gasteiger partial charge in [0.05, 0.1) is 24.1 Å². The number of hydrogen-bond donors (Lipinski definition) is 2. The Hall–Kier alpha value is -3.51. The first-order valence-electron chi connectivity index (χ1n) is 14.3. The number of carbonyl (C=O) groups is 1. The van der Waals surface area contributed by atoms with Gasteiger partial charge in [-0.25, -0.2) is 21.8 Å². The zero-order valence-corrected chi connectivity index (χ0v) is 25.5. The molecule has 12 heteroatoms. The van der Waals surface area contributed by atoms with Crippen LogP contribution in [0.2, 0.25) is 0 Å². The van der Waals surface area contributed by atoms with Gasteiger partial charge in [0.15, 0.2) is 5.82 Å². The minimum Gasteiger partial charge on any atom is -0.353 e. The van der Waals surface area contributed by atoms with E-state index in [-0.39, 0.29) is 29.8 Å². The highest BCUT2D eigenvalue weighted by atomic mass is 32.3. The molecular weight excluding hydrogens is 574 g/mol. The third-order valence-corrected chi connectivity index (χ3v) is 11.0. The third-order valence-electron chi connectivity index (χ3n) is 7.87. The Labute approximate surface area is 248 Å². The van der Waals surface area contributed by atoms with Crippen molar-refractivity contribution in [3.63, 3.8) is 0 Å². The molecule has 0 atom stereocenters. The molecule has 0 bridgehead atoms. The van der Waals surface area contributed by atoms with Gasteiger partial charge in [0.1, 0.15) is 0 Å². The number of aryl methyl sites for hydroxylation is 1. The zero-order chi connectivity index (χ0) is 29.9. The molecule has 42 heavy (non-hydrogen) atoms. The van der Waals surface area contributed by atoms with Crippen molar-refractivity contribution in [3.8, 4) is 0 Å². The molecule has 0 unspecified atom stereocenters. The van der Waals surface area contributed by atoms with Crippen molar-refractivity contribution >= 4 is 37.7 Å². The maximum atomic E-state index is 13.5. The first-order chi connectivity index (χ1) is 20.0. The lowest BCUT2D eigenvalue weighted by atomic mass is 9.88. The smallest absolute Gasteiger partial charge is 0.246 e. The number of fused-ring (bicyclic) bond motifs is 1. The molecule has 2 aliphatic carbocycles. The van der Waals surface area contributed by atoms with Gasteiger partial charge < -0.3 is 10.6 Å². The number of anilines is 2. The fourth-order valence-corrected chi connectivity index (χ4v) is 8.88. The lowest BCUT2D eigenvalue weighted by Crippen LogP contribution is -2.42. The molecule has 2 N–H and O–H groups in total. The Kier molecular flexibility index (Phi) is 8.84. The van der Waals surface area contributed by atoms with Crippen LogP contribution in [0.5, 0.6) is 0 Å². The fraction of sp³-hybridized carbons (Fsp3) is 0.433. The predicted molar refractivity (Wildman–Crippen MR) is 163 cm³/mol. The van der Waals surface area contributed by atoms with E-state index < -0.39 is 26.0 Å². The van der Waals surface area contributed by atoms with Gasteiger partial charge in [0.2, 0.25) is 31.9 Å². The van der Waals surface area contributed by atoms with E-state index in [0.29, 0.717) is 27.8 Å². The Bertz CT molecular complexity index is 1550. The average Bonchev–Trinajstić information content (AvgIpc) is 2.94. The molecule has 0 saturated heterocycles. The number of benzene rings is 2. The van der Waals surface area contributed by atoms with Gasteiger partial charge in [-0.3, -0.25) is 4.79 Å². The van der Waals surface area contributed by atoms with E-state index in [1.54, 1.807) is 0 Å². The van der Waals surface area contributed by atoms with Crippen LogP contribution in [0.25, 0.3) is 0 Å². The molecule has 224 valence electrons. The summed E-state index contributed by atoms with van der Waals surface area (Å²) < 4.78 is 50.6. The normalized spacial score (nSPS) is 19.1. The van der Waals surface area contributed by atoms with Gasteiger partial charge in [0, 0.05) is 17.6 Å². The minimum absolute atomic E-state index is 0.00314. The van der Waals surface area contributed by atoms with E-state index in [0.717, 1.165) is 62.2 Å². The summed E-state index contributed by atoms with van der Waals surface area (Å²) in [4.78, 5) is 22.6. The number of amides is 1. The molecule has 0 spiro atoms. The number of hydrogen-bond acceptors (Lipinski definition) is 8. The summed E-state index contributed by atoms with van der Waals surface area (Å²) in [7, 11) is -8.28. The van der Waals surface area contributed by atoms with Crippen LogP contribution < -0.4 is 14.3 Å². The Morgan fingerprint density at radius 1 is 0.786 bits per heavy atom. The van der Waals surface area contributed by atoms with Crippen LogP contribution >= 0.6 is 0 Å². The van der Waals surface area contributed by atoms with E-state index in [1.165, 1.54) is 0 Å². The Balaban J connectivity index is 1.29.